The van der Waals surface area contributed by atoms with E-state index in [0.29, 0.717) is 35.0 Å². The number of carbonyl (C=O) groups excluding carboxylic acids is 2. The second kappa shape index (κ2) is 9.56. The van der Waals surface area contributed by atoms with E-state index in [2.05, 4.69) is 5.32 Å². The van der Waals surface area contributed by atoms with Crippen molar-refractivity contribution in [3.63, 3.8) is 0 Å². The molecule has 35 heavy (non-hydrogen) atoms. The molecule has 0 bridgehead atoms. The molecule has 1 aromatic heterocycles. The van der Waals surface area contributed by atoms with Crippen molar-refractivity contribution < 1.29 is 14.3 Å². The van der Waals surface area contributed by atoms with Crippen molar-refractivity contribution in [1.29, 1.82) is 0 Å². The van der Waals surface area contributed by atoms with Crippen LogP contribution in [0.4, 0.5) is 5.69 Å². The molecule has 0 saturated heterocycles. The first-order valence-corrected chi connectivity index (χ1v) is 11.9. The Morgan fingerprint density at radius 2 is 1.80 bits per heavy atom. The largest absolute Gasteiger partial charge is 0.383 e. The van der Waals surface area contributed by atoms with Crippen LogP contribution < -0.4 is 5.32 Å². The highest BCUT2D eigenvalue weighted by molar-refractivity contribution is 6.30. The highest BCUT2D eigenvalue weighted by Crippen LogP contribution is 2.45. The van der Waals surface area contributed by atoms with Crippen LogP contribution in [0, 0.1) is 0 Å². The molecule has 178 valence electrons. The van der Waals surface area contributed by atoms with E-state index in [4.69, 9.17) is 16.3 Å². The molecule has 5 rings (SSSR count). The number of hydrogen-bond acceptors (Lipinski definition) is 3. The number of aromatic nitrogens is 1. The number of anilines is 1. The SMILES string of the molecule is COCCN1C(=O)c2ccccc2[C@H](C(=O)Nc2cccc(Cl)c2)[C@H]1c1cn(C)c2ccccc12. The Morgan fingerprint density at radius 3 is 2.60 bits per heavy atom. The van der Waals surface area contributed by atoms with E-state index < -0.39 is 12.0 Å². The molecule has 2 heterocycles. The second-order valence-corrected chi connectivity index (χ2v) is 9.15. The Bertz CT molecular complexity index is 1410. The van der Waals surface area contributed by atoms with Crippen LogP contribution in [-0.4, -0.2) is 41.5 Å². The van der Waals surface area contributed by atoms with Crippen LogP contribution in [0.25, 0.3) is 10.9 Å². The number of benzene rings is 3. The van der Waals surface area contributed by atoms with Gasteiger partial charge in [-0.2, -0.15) is 0 Å². The normalized spacial score (nSPS) is 17.5. The van der Waals surface area contributed by atoms with Gasteiger partial charge in [0.05, 0.1) is 18.6 Å². The van der Waals surface area contributed by atoms with Gasteiger partial charge in [0.1, 0.15) is 0 Å². The van der Waals surface area contributed by atoms with Gasteiger partial charge < -0.3 is 19.5 Å². The molecule has 6 nitrogen and oxygen atoms in total. The molecule has 2 amide bonds. The zero-order chi connectivity index (χ0) is 24.5. The molecular weight excluding hydrogens is 462 g/mol. The van der Waals surface area contributed by atoms with Crippen molar-refractivity contribution >= 4 is 40.0 Å². The summed E-state index contributed by atoms with van der Waals surface area (Å²) in [5.41, 5.74) is 3.81. The quantitative estimate of drug-likeness (QED) is 0.396. The Hall–Kier alpha value is -3.61. The van der Waals surface area contributed by atoms with Crippen LogP contribution in [0.3, 0.4) is 0 Å². The summed E-state index contributed by atoms with van der Waals surface area (Å²) in [7, 11) is 3.59. The van der Waals surface area contributed by atoms with Crippen molar-refractivity contribution in [1.82, 2.24) is 9.47 Å². The van der Waals surface area contributed by atoms with Gasteiger partial charge >= 0.3 is 0 Å². The molecule has 0 aliphatic carbocycles. The Labute approximate surface area is 209 Å². The van der Waals surface area contributed by atoms with Crippen molar-refractivity contribution in [2.24, 2.45) is 7.05 Å². The fraction of sp³-hybridized carbons (Fsp3) is 0.214. The number of nitrogens with one attached hydrogen (secondary N) is 1. The summed E-state index contributed by atoms with van der Waals surface area (Å²) in [6, 6.07) is 22.0. The summed E-state index contributed by atoms with van der Waals surface area (Å²) >= 11 is 6.17. The fourth-order valence-electron chi connectivity index (χ4n) is 5.05. The maximum absolute atomic E-state index is 14.0. The van der Waals surface area contributed by atoms with Gasteiger partial charge in [0.15, 0.2) is 0 Å². The molecule has 0 radical (unpaired) electrons. The van der Waals surface area contributed by atoms with E-state index in [1.165, 1.54) is 0 Å². The molecule has 7 heteroatoms. The minimum absolute atomic E-state index is 0.109. The molecule has 0 saturated carbocycles. The first-order chi connectivity index (χ1) is 17.0. The van der Waals surface area contributed by atoms with Crippen molar-refractivity contribution in [3.8, 4) is 0 Å². The van der Waals surface area contributed by atoms with Crippen LogP contribution in [0.5, 0.6) is 0 Å². The Kier molecular flexibility index (Phi) is 6.32. The van der Waals surface area contributed by atoms with Gasteiger partial charge in [0.25, 0.3) is 5.91 Å². The van der Waals surface area contributed by atoms with Crippen molar-refractivity contribution in [2.45, 2.75) is 12.0 Å². The summed E-state index contributed by atoms with van der Waals surface area (Å²) < 4.78 is 7.39. The van der Waals surface area contributed by atoms with E-state index in [-0.39, 0.29) is 11.8 Å². The van der Waals surface area contributed by atoms with E-state index in [0.717, 1.165) is 16.5 Å². The Balaban J connectivity index is 1.70. The third kappa shape index (κ3) is 4.20. The average molecular weight is 488 g/mol. The van der Waals surface area contributed by atoms with Gasteiger partial charge in [-0.05, 0) is 35.9 Å². The van der Waals surface area contributed by atoms with Crippen molar-refractivity contribution in [3.05, 3.63) is 101 Å². The molecule has 0 fully saturated rings. The molecule has 1 N–H and O–H groups in total. The molecule has 0 spiro atoms. The number of methoxy groups -OCH3 is 1. The molecule has 2 atom stereocenters. The van der Waals surface area contributed by atoms with Gasteiger partial charge in [-0.25, -0.2) is 0 Å². The first kappa shape index (κ1) is 23.1. The van der Waals surface area contributed by atoms with E-state index in [1.54, 1.807) is 42.3 Å². The van der Waals surface area contributed by atoms with Gasteiger partial charge in [-0.15, -0.1) is 0 Å². The van der Waals surface area contributed by atoms with Crippen LogP contribution in [0.1, 0.15) is 33.4 Å². The number of carbonyl (C=O) groups is 2. The lowest BCUT2D eigenvalue weighted by molar-refractivity contribution is -0.119. The monoisotopic (exact) mass is 487 g/mol. The summed E-state index contributed by atoms with van der Waals surface area (Å²) in [6.45, 7) is 0.719. The number of para-hydroxylation sites is 1. The zero-order valence-electron chi connectivity index (χ0n) is 19.6. The maximum Gasteiger partial charge on any atom is 0.254 e. The molecule has 4 aromatic rings. The predicted molar refractivity (Wildman–Crippen MR) is 138 cm³/mol. The fourth-order valence-corrected chi connectivity index (χ4v) is 5.24. The minimum Gasteiger partial charge on any atom is -0.383 e. The third-order valence-corrected chi connectivity index (χ3v) is 6.83. The zero-order valence-corrected chi connectivity index (χ0v) is 20.3. The molecule has 3 aromatic carbocycles. The molecule has 1 aliphatic rings. The lowest BCUT2D eigenvalue weighted by Gasteiger charge is -2.41. The number of rotatable bonds is 6. The number of fused-ring (bicyclic) bond motifs is 2. The number of hydrogen-bond donors (Lipinski definition) is 1. The number of nitrogens with zero attached hydrogens (tertiary/aromatic N) is 2. The lowest BCUT2D eigenvalue weighted by atomic mass is 9.79. The third-order valence-electron chi connectivity index (χ3n) is 6.60. The topological polar surface area (TPSA) is 63.6 Å². The Morgan fingerprint density at radius 1 is 1.03 bits per heavy atom. The first-order valence-electron chi connectivity index (χ1n) is 11.5. The lowest BCUT2D eigenvalue weighted by Crippen LogP contribution is -2.47. The standard InChI is InChI=1S/C28H26ClN3O3/c1-31-17-23(20-10-5-6-13-24(20)31)26-25(27(33)30-19-9-7-8-18(29)16-19)21-11-3-4-12-22(21)28(34)32(26)14-15-35-2/h3-13,16-17,25-26H,14-15H2,1-2H3,(H,30,33)/t25-,26+/m0/s1. The number of aryl methyl sites for hydroxylation is 1. The van der Waals surface area contributed by atoms with Crippen LogP contribution in [0.15, 0.2) is 79.0 Å². The smallest absolute Gasteiger partial charge is 0.254 e. The molecule has 0 unspecified atom stereocenters. The highest BCUT2D eigenvalue weighted by Gasteiger charge is 2.45. The van der Waals surface area contributed by atoms with E-state index in [1.807, 2.05) is 60.3 Å². The van der Waals surface area contributed by atoms with Gasteiger partial charge in [-0.3, -0.25) is 9.59 Å². The highest BCUT2D eigenvalue weighted by atomic mass is 35.5. The maximum atomic E-state index is 14.0. The predicted octanol–water partition coefficient (Wildman–Crippen LogP) is 5.40. The summed E-state index contributed by atoms with van der Waals surface area (Å²) in [4.78, 5) is 29.5. The van der Waals surface area contributed by atoms with Gasteiger partial charge in [0, 0.05) is 59.6 Å². The number of ether oxygens (including phenoxy) is 1. The summed E-state index contributed by atoms with van der Waals surface area (Å²) in [5.74, 6) is -0.944. The number of halogens is 1. The van der Waals surface area contributed by atoms with Crippen LogP contribution >= 0.6 is 11.6 Å². The number of amides is 2. The summed E-state index contributed by atoms with van der Waals surface area (Å²) in [5, 5.41) is 4.59. The van der Waals surface area contributed by atoms with Crippen LogP contribution in [0.2, 0.25) is 5.02 Å². The average Bonchev–Trinajstić information content (AvgIpc) is 3.19. The van der Waals surface area contributed by atoms with Crippen LogP contribution in [-0.2, 0) is 16.6 Å². The van der Waals surface area contributed by atoms with Gasteiger partial charge in [0.2, 0.25) is 5.91 Å². The minimum atomic E-state index is -0.634. The molecular formula is C28H26ClN3O3. The van der Waals surface area contributed by atoms with Crippen molar-refractivity contribution in [2.75, 3.05) is 25.6 Å². The summed E-state index contributed by atoms with van der Waals surface area (Å²) in [6.07, 6.45) is 2.02. The second-order valence-electron chi connectivity index (χ2n) is 8.71. The van der Waals surface area contributed by atoms with Gasteiger partial charge in [-0.1, -0.05) is 54.1 Å². The molecule has 1 aliphatic heterocycles. The van der Waals surface area contributed by atoms with E-state index in [9.17, 15) is 9.59 Å². The van der Waals surface area contributed by atoms with E-state index >= 15 is 0 Å².